The van der Waals surface area contributed by atoms with Gasteiger partial charge in [-0.3, -0.25) is 24.0 Å². The Hall–Kier alpha value is -2.91. The molecule has 0 spiro atoms. The molecule has 2 N–H and O–H groups in total. The summed E-state index contributed by atoms with van der Waals surface area (Å²) < 4.78 is 7.18. The fraction of sp³-hybridized carbons (Fsp3) is 0.542. The Bertz CT molecular complexity index is 1100. The number of likely N-dealkylation sites (tertiary alicyclic amines) is 2. The normalized spacial score (nSPS) is 23.6. The molecule has 0 saturated carbocycles. The highest BCUT2D eigenvalue weighted by Crippen LogP contribution is 2.31. The molecule has 1 amide bonds. The maximum absolute atomic E-state index is 13.0. The largest absolute Gasteiger partial charge is 0.492 e. The predicted molar refractivity (Wildman–Crippen MR) is 124 cm³/mol. The zero-order valence-corrected chi connectivity index (χ0v) is 19.2. The lowest BCUT2D eigenvalue weighted by molar-refractivity contribution is -0.0504. The number of nitrogens with one attached hydrogen (secondary N) is 1. The topological polar surface area (TPSA) is 108 Å². The minimum atomic E-state index is -1.33. The number of rotatable bonds is 6. The number of benzene rings is 1. The first-order valence-corrected chi connectivity index (χ1v) is 11.5. The Morgan fingerprint density at radius 2 is 1.88 bits per heavy atom. The highest BCUT2D eigenvalue weighted by atomic mass is 16.5. The number of piperidine rings is 1. The number of ether oxygens (including phenoxy) is 1. The second-order valence-corrected chi connectivity index (χ2v) is 9.29. The summed E-state index contributed by atoms with van der Waals surface area (Å²) in [6, 6.07) is 6.53. The molecular formula is C24H32N4O5. The number of aromatic nitrogens is 2. The lowest BCUT2D eigenvalue weighted by Crippen LogP contribution is -2.56. The van der Waals surface area contributed by atoms with Gasteiger partial charge in [0.15, 0.2) is 0 Å². The standard InChI is InChI=1S/C24H32N4O5/c1-17-15-28(23(31)25-21(17)29)20-9-12-27(16-24(20,2)32)22(30)18-5-7-19(8-6-18)33-14-13-26-10-3-4-11-26/h5-8,15,20,32H,3-4,9-14,16H2,1-2H3,(H,25,29,31)/t20-,24-/m0/s1. The molecule has 2 aromatic rings. The number of nitrogens with zero attached hydrogens (tertiary/aromatic N) is 3. The van der Waals surface area contributed by atoms with Crippen LogP contribution in [0.15, 0.2) is 40.1 Å². The van der Waals surface area contributed by atoms with Crippen LogP contribution in [0.4, 0.5) is 0 Å². The minimum absolute atomic E-state index is 0.0786. The average molecular weight is 457 g/mol. The van der Waals surface area contributed by atoms with Crippen LogP contribution in [0.25, 0.3) is 0 Å². The molecule has 1 aromatic carbocycles. The summed E-state index contributed by atoms with van der Waals surface area (Å²) in [6.45, 7) is 7.48. The summed E-state index contributed by atoms with van der Waals surface area (Å²) in [5, 5.41) is 11.1. The summed E-state index contributed by atoms with van der Waals surface area (Å²) in [4.78, 5) is 43.3. The van der Waals surface area contributed by atoms with E-state index >= 15 is 0 Å². The molecule has 178 valence electrons. The molecule has 3 heterocycles. The molecule has 2 aliphatic rings. The van der Waals surface area contributed by atoms with Crippen LogP contribution in [0.5, 0.6) is 5.75 Å². The van der Waals surface area contributed by atoms with Gasteiger partial charge >= 0.3 is 5.69 Å². The smallest absolute Gasteiger partial charge is 0.328 e. The second kappa shape index (κ2) is 9.52. The molecule has 0 bridgehead atoms. The zero-order chi connectivity index (χ0) is 23.6. The number of hydrogen-bond donors (Lipinski definition) is 2. The average Bonchev–Trinajstić information content (AvgIpc) is 3.29. The van der Waals surface area contributed by atoms with Gasteiger partial charge in [0, 0.05) is 30.4 Å². The Morgan fingerprint density at radius 3 is 2.55 bits per heavy atom. The van der Waals surface area contributed by atoms with Gasteiger partial charge in [-0.15, -0.1) is 0 Å². The van der Waals surface area contributed by atoms with Crippen molar-refractivity contribution in [1.82, 2.24) is 19.4 Å². The Labute approximate surface area is 192 Å². The second-order valence-electron chi connectivity index (χ2n) is 9.29. The van der Waals surface area contributed by atoms with Crippen molar-refractivity contribution in [2.24, 2.45) is 0 Å². The van der Waals surface area contributed by atoms with Crippen molar-refractivity contribution in [2.75, 3.05) is 39.3 Å². The van der Waals surface area contributed by atoms with Crippen LogP contribution in [0.1, 0.15) is 48.1 Å². The van der Waals surface area contributed by atoms with Crippen molar-refractivity contribution in [1.29, 1.82) is 0 Å². The third-order valence-corrected chi connectivity index (χ3v) is 6.65. The molecule has 2 fully saturated rings. The fourth-order valence-electron chi connectivity index (χ4n) is 4.76. The SMILES string of the molecule is Cc1cn([C@H]2CCN(C(=O)c3ccc(OCCN4CCCC4)cc3)C[C@]2(C)O)c(=O)[nH]c1=O. The van der Waals surface area contributed by atoms with Gasteiger partial charge < -0.3 is 14.7 Å². The maximum atomic E-state index is 13.0. The number of aryl methyl sites for hydroxylation is 1. The maximum Gasteiger partial charge on any atom is 0.328 e. The van der Waals surface area contributed by atoms with E-state index in [4.69, 9.17) is 4.74 Å². The number of aromatic amines is 1. The number of H-pyrrole nitrogens is 1. The third kappa shape index (κ3) is 5.20. The van der Waals surface area contributed by atoms with Gasteiger partial charge in [-0.05, 0) is 70.5 Å². The van der Waals surface area contributed by atoms with Gasteiger partial charge in [0.25, 0.3) is 11.5 Å². The molecule has 0 radical (unpaired) electrons. The highest BCUT2D eigenvalue weighted by Gasteiger charge is 2.41. The van der Waals surface area contributed by atoms with Crippen LogP contribution >= 0.6 is 0 Å². The molecule has 2 aliphatic heterocycles. The van der Waals surface area contributed by atoms with Gasteiger partial charge in [-0.1, -0.05) is 0 Å². The van der Waals surface area contributed by atoms with E-state index in [1.165, 1.54) is 23.6 Å². The third-order valence-electron chi connectivity index (χ3n) is 6.65. The van der Waals surface area contributed by atoms with Gasteiger partial charge in [0.2, 0.25) is 0 Å². The number of carbonyl (C=O) groups excluding carboxylic acids is 1. The van der Waals surface area contributed by atoms with E-state index in [2.05, 4.69) is 9.88 Å². The van der Waals surface area contributed by atoms with E-state index in [9.17, 15) is 19.5 Å². The molecular weight excluding hydrogens is 424 g/mol. The summed E-state index contributed by atoms with van der Waals surface area (Å²) in [6.07, 6.45) is 4.37. The van der Waals surface area contributed by atoms with Crippen LogP contribution in [-0.2, 0) is 0 Å². The van der Waals surface area contributed by atoms with Crippen LogP contribution in [0.3, 0.4) is 0 Å². The number of carbonyl (C=O) groups is 1. The van der Waals surface area contributed by atoms with E-state index in [0.717, 1.165) is 25.4 Å². The number of hydrogen-bond acceptors (Lipinski definition) is 6. The summed E-state index contributed by atoms with van der Waals surface area (Å²) in [5.41, 5.74) is -1.41. The van der Waals surface area contributed by atoms with E-state index < -0.39 is 22.9 Å². The van der Waals surface area contributed by atoms with Crippen molar-refractivity contribution < 1.29 is 14.6 Å². The lowest BCUT2D eigenvalue weighted by Gasteiger charge is -2.43. The molecule has 1 aromatic heterocycles. The molecule has 2 atom stereocenters. The van der Waals surface area contributed by atoms with Gasteiger partial charge in [0.05, 0.1) is 12.6 Å². The summed E-state index contributed by atoms with van der Waals surface area (Å²) in [7, 11) is 0. The molecule has 4 rings (SSSR count). The van der Waals surface area contributed by atoms with E-state index in [1.54, 1.807) is 43.0 Å². The van der Waals surface area contributed by atoms with Gasteiger partial charge in [0.1, 0.15) is 18.0 Å². The van der Waals surface area contributed by atoms with Crippen molar-refractivity contribution in [2.45, 2.75) is 44.8 Å². The monoisotopic (exact) mass is 456 g/mol. The van der Waals surface area contributed by atoms with Crippen molar-refractivity contribution in [3.63, 3.8) is 0 Å². The van der Waals surface area contributed by atoms with Crippen molar-refractivity contribution >= 4 is 5.91 Å². The number of amides is 1. The lowest BCUT2D eigenvalue weighted by atomic mass is 9.88. The summed E-state index contributed by atoms with van der Waals surface area (Å²) >= 11 is 0. The first-order valence-electron chi connectivity index (χ1n) is 11.5. The molecule has 0 unspecified atom stereocenters. The molecule has 9 nitrogen and oxygen atoms in total. The predicted octanol–water partition coefficient (Wildman–Crippen LogP) is 1.16. The fourth-order valence-corrected chi connectivity index (χ4v) is 4.76. The minimum Gasteiger partial charge on any atom is -0.492 e. The van der Waals surface area contributed by atoms with E-state index in [0.29, 0.717) is 30.7 Å². The van der Waals surface area contributed by atoms with E-state index in [-0.39, 0.29) is 12.5 Å². The van der Waals surface area contributed by atoms with Gasteiger partial charge in [-0.25, -0.2) is 4.79 Å². The van der Waals surface area contributed by atoms with Crippen LogP contribution in [-0.4, -0.2) is 75.3 Å². The molecule has 2 saturated heterocycles. The van der Waals surface area contributed by atoms with Crippen molar-refractivity contribution in [3.05, 3.63) is 62.4 Å². The molecule has 9 heteroatoms. The Kier molecular flexibility index (Phi) is 6.71. The molecule has 33 heavy (non-hydrogen) atoms. The summed E-state index contributed by atoms with van der Waals surface area (Å²) in [5.74, 6) is 0.548. The van der Waals surface area contributed by atoms with Crippen LogP contribution in [0.2, 0.25) is 0 Å². The zero-order valence-electron chi connectivity index (χ0n) is 19.2. The van der Waals surface area contributed by atoms with Crippen LogP contribution in [0, 0.1) is 6.92 Å². The molecule has 0 aliphatic carbocycles. The van der Waals surface area contributed by atoms with Crippen molar-refractivity contribution in [3.8, 4) is 5.75 Å². The first kappa shape index (κ1) is 23.3. The van der Waals surface area contributed by atoms with Gasteiger partial charge in [-0.2, -0.15) is 0 Å². The number of aliphatic hydroxyl groups is 1. The number of β-amino-alcohol motifs (C(OH)–C–C–N with tert-alkyl or cyclic N) is 1. The Balaban J connectivity index is 1.38. The Morgan fingerprint density at radius 1 is 1.18 bits per heavy atom. The highest BCUT2D eigenvalue weighted by molar-refractivity contribution is 5.94. The quantitative estimate of drug-likeness (QED) is 0.675. The van der Waals surface area contributed by atoms with E-state index in [1.807, 2.05) is 0 Å². The first-order chi connectivity index (χ1) is 15.7. The van der Waals surface area contributed by atoms with Crippen LogP contribution < -0.4 is 16.0 Å².